The van der Waals surface area contributed by atoms with Gasteiger partial charge in [-0.15, -0.1) is 0 Å². The number of nitrogens with zero attached hydrogens (tertiary/aromatic N) is 2. The minimum Gasteiger partial charge on any atom is -0.355 e. The summed E-state index contributed by atoms with van der Waals surface area (Å²) in [4.78, 5) is 6.23. The highest BCUT2D eigenvalue weighted by Gasteiger charge is 2.44. The quantitative estimate of drug-likeness (QED) is 0.672. The van der Waals surface area contributed by atoms with Crippen LogP contribution in [0, 0.1) is 0 Å². The second-order valence-corrected chi connectivity index (χ2v) is 5.52. The van der Waals surface area contributed by atoms with Crippen molar-refractivity contribution in [1.82, 2.24) is 10.2 Å². The molecule has 0 bridgehead atoms. The van der Waals surface area contributed by atoms with Gasteiger partial charge in [0.1, 0.15) is 0 Å². The molecule has 0 aromatic heterocycles. The highest BCUT2D eigenvalue weighted by molar-refractivity contribution is 6.30. The second kappa shape index (κ2) is 5.19. The van der Waals surface area contributed by atoms with Crippen LogP contribution in [-0.2, 0) is 5.41 Å². The Morgan fingerprint density at radius 3 is 2.67 bits per heavy atom. The Hall–Kier alpha value is -1.22. The average Bonchev–Trinajstić information content (AvgIpc) is 3.10. The fourth-order valence-electron chi connectivity index (χ4n) is 2.22. The summed E-state index contributed by atoms with van der Waals surface area (Å²) in [5, 5.41) is 4.24. The molecule has 0 amide bonds. The van der Waals surface area contributed by atoms with Gasteiger partial charge in [-0.2, -0.15) is 0 Å². The van der Waals surface area contributed by atoms with Crippen LogP contribution in [0.4, 0.5) is 0 Å². The first-order valence-corrected chi connectivity index (χ1v) is 6.59. The topological polar surface area (TPSA) is 27.6 Å². The van der Waals surface area contributed by atoms with E-state index in [1.165, 1.54) is 18.4 Å². The van der Waals surface area contributed by atoms with Crippen LogP contribution in [0.15, 0.2) is 29.3 Å². The third-order valence-corrected chi connectivity index (χ3v) is 3.75. The Morgan fingerprint density at radius 1 is 1.44 bits per heavy atom. The van der Waals surface area contributed by atoms with E-state index in [-0.39, 0.29) is 5.41 Å². The molecule has 0 aliphatic heterocycles. The number of halogens is 1. The predicted octanol–water partition coefficient (Wildman–Crippen LogP) is 2.51. The Bertz CT molecular complexity index is 450. The summed E-state index contributed by atoms with van der Waals surface area (Å²) in [6.45, 7) is 0.915. The van der Waals surface area contributed by atoms with Crippen molar-refractivity contribution in [3.05, 3.63) is 34.9 Å². The summed E-state index contributed by atoms with van der Waals surface area (Å²) in [6, 6.07) is 8.19. The summed E-state index contributed by atoms with van der Waals surface area (Å²) >= 11 is 6.07. The zero-order chi connectivity index (χ0) is 13.2. The van der Waals surface area contributed by atoms with Gasteiger partial charge < -0.3 is 10.2 Å². The largest absolute Gasteiger partial charge is 0.355 e. The SMILES string of the molecule is CN=C(NCC1(c2cccc(Cl)c2)CC1)N(C)C. The van der Waals surface area contributed by atoms with Crippen molar-refractivity contribution >= 4 is 17.6 Å². The van der Waals surface area contributed by atoms with Gasteiger partial charge in [0.25, 0.3) is 0 Å². The van der Waals surface area contributed by atoms with Crippen LogP contribution >= 0.6 is 11.6 Å². The molecule has 0 spiro atoms. The first-order chi connectivity index (χ1) is 8.57. The summed E-state index contributed by atoms with van der Waals surface area (Å²) in [6.07, 6.45) is 2.43. The van der Waals surface area contributed by atoms with Gasteiger partial charge in [0.05, 0.1) is 0 Å². The molecule has 1 N–H and O–H groups in total. The molecule has 2 rings (SSSR count). The molecular formula is C14H20ClN3. The van der Waals surface area contributed by atoms with Crippen molar-refractivity contribution in [3.8, 4) is 0 Å². The molecule has 3 nitrogen and oxygen atoms in total. The van der Waals surface area contributed by atoms with Gasteiger partial charge in [-0.3, -0.25) is 4.99 Å². The number of rotatable bonds is 3. The normalized spacial score (nSPS) is 17.4. The maximum absolute atomic E-state index is 6.07. The number of hydrogen-bond acceptors (Lipinski definition) is 1. The molecule has 0 atom stereocenters. The molecule has 0 radical (unpaired) electrons. The third-order valence-electron chi connectivity index (χ3n) is 3.51. The average molecular weight is 266 g/mol. The first-order valence-electron chi connectivity index (χ1n) is 6.21. The van der Waals surface area contributed by atoms with E-state index in [2.05, 4.69) is 22.4 Å². The zero-order valence-corrected chi connectivity index (χ0v) is 12.0. The van der Waals surface area contributed by atoms with Gasteiger partial charge >= 0.3 is 0 Å². The van der Waals surface area contributed by atoms with Gasteiger partial charge in [0.2, 0.25) is 0 Å². The molecule has 0 heterocycles. The fourth-order valence-corrected chi connectivity index (χ4v) is 2.41. The molecule has 1 aliphatic carbocycles. The van der Waals surface area contributed by atoms with E-state index in [1.807, 2.05) is 31.1 Å². The minimum absolute atomic E-state index is 0.247. The zero-order valence-electron chi connectivity index (χ0n) is 11.2. The number of nitrogens with one attached hydrogen (secondary N) is 1. The number of aliphatic imine (C=N–C) groups is 1. The Balaban J connectivity index is 2.05. The van der Waals surface area contributed by atoms with Gasteiger partial charge in [0.15, 0.2) is 5.96 Å². The van der Waals surface area contributed by atoms with Crippen LogP contribution in [0.5, 0.6) is 0 Å². The molecular weight excluding hydrogens is 246 g/mol. The Morgan fingerprint density at radius 2 is 2.17 bits per heavy atom. The maximum atomic E-state index is 6.07. The van der Waals surface area contributed by atoms with E-state index >= 15 is 0 Å². The highest BCUT2D eigenvalue weighted by Crippen LogP contribution is 2.48. The van der Waals surface area contributed by atoms with E-state index in [4.69, 9.17) is 11.6 Å². The van der Waals surface area contributed by atoms with Crippen LogP contribution in [-0.4, -0.2) is 38.5 Å². The van der Waals surface area contributed by atoms with Crippen molar-refractivity contribution in [2.75, 3.05) is 27.7 Å². The lowest BCUT2D eigenvalue weighted by Crippen LogP contribution is -2.40. The van der Waals surface area contributed by atoms with Gasteiger partial charge in [-0.05, 0) is 30.5 Å². The van der Waals surface area contributed by atoms with Crippen molar-refractivity contribution in [1.29, 1.82) is 0 Å². The molecule has 1 saturated carbocycles. The lowest BCUT2D eigenvalue weighted by Gasteiger charge is -2.22. The standard InChI is InChI=1S/C14H20ClN3/c1-16-13(18(2)3)17-10-14(7-8-14)11-5-4-6-12(15)9-11/h4-6,9H,7-8,10H2,1-3H3,(H,16,17). The van der Waals surface area contributed by atoms with E-state index < -0.39 is 0 Å². The van der Waals surface area contributed by atoms with Crippen molar-refractivity contribution in [3.63, 3.8) is 0 Å². The van der Waals surface area contributed by atoms with Gasteiger partial charge in [-0.25, -0.2) is 0 Å². The lowest BCUT2D eigenvalue weighted by atomic mass is 9.96. The van der Waals surface area contributed by atoms with E-state index in [0.29, 0.717) is 0 Å². The Labute approximate surface area is 114 Å². The predicted molar refractivity (Wildman–Crippen MR) is 77.4 cm³/mol. The van der Waals surface area contributed by atoms with E-state index in [0.717, 1.165) is 17.5 Å². The van der Waals surface area contributed by atoms with Crippen molar-refractivity contribution in [2.24, 2.45) is 4.99 Å². The molecule has 1 aromatic carbocycles. The lowest BCUT2D eigenvalue weighted by molar-refractivity contribution is 0.559. The van der Waals surface area contributed by atoms with Crippen LogP contribution in [0.2, 0.25) is 5.02 Å². The second-order valence-electron chi connectivity index (χ2n) is 5.09. The van der Waals surface area contributed by atoms with Crippen molar-refractivity contribution in [2.45, 2.75) is 18.3 Å². The third kappa shape index (κ3) is 2.78. The molecule has 1 aromatic rings. The minimum atomic E-state index is 0.247. The fraction of sp³-hybridized carbons (Fsp3) is 0.500. The van der Waals surface area contributed by atoms with E-state index in [9.17, 15) is 0 Å². The molecule has 18 heavy (non-hydrogen) atoms. The van der Waals surface area contributed by atoms with Crippen LogP contribution in [0.25, 0.3) is 0 Å². The summed E-state index contributed by atoms with van der Waals surface area (Å²) in [5.41, 5.74) is 1.58. The Kier molecular flexibility index (Phi) is 3.81. The monoisotopic (exact) mass is 265 g/mol. The smallest absolute Gasteiger partial charge is 0.193 e. The number of guanidine groups is 1. The molecule has 98 valence electrons. The van der Waals surface area contributed by atoms with Crippen molar-refractivity contribution < 1.29 is 0 Å². The molecule has 1 fully saturated rings. The highest BCUT2D eigenvalue weighted by atomic mass is 35.5. The summed E-state index contributed by atoms with van der Waals surface area (Å²) < 4.78 is 0. The first kappa shape index (κ1) is 13.2. The van der Waals surface area contributed by atoms with Gasteiger partial charge in [0, 0.05) is 38.1 Å². The maximum Gasteiger partial charge on any atom is 0.193 e. The molecule has 4 heteroatoms. The molecule has 0 saturated heterocycles. The summed E-state index contributed by atoms with van der Waals surface area (Å²) in [7, 11) is 5.80. The van der Waals surface area contributed by atoms with Crippen LogP contribution < -0.4 is 5.32 Å². The molecule has 0 unspecified atom stereocenters. The van der Waals surface area contributed by atoms with Crippen LogP contribution in [0.3, 0.4) is 0 Å². The van der Waals surface area contributed by atoms with Crippen LogP contribution in [0.1, 0.15) is 18.4 Å². The number of benzene rings is 1. The summed E-state index contributed by atoms with van der Waals surface area (Å²) in [5.74, 6) is 0.920. The number of hydrogen-bond donors (Lipinski definition) is 1. The molecule has 1 aliphatic rings. The van der Waals surface area contributed by atoms with E-state index in [1.54, 1.807) is 7.05 Å². The van der Waals surface area contributed by atoms with Gasteiger partial charge in [-0.1, -0.05) is 23.7 Å².